The molecule has 0 aliphatic carbocycles. The summed E-state index contributed by atoms with van der Waals surface area (Å²) in [6.07, 6.45) is 2.24. The van der Waals surface area contributed by atoms with Gasteiger partial charge in [0.1, 0.15) is 5.82 Å². The summed E-state index contributed by atoms with van der Waals surface area (Å²) in [4.78, 5) is 27.5. The summed E-state index contributed by atoms with van der Waals surface area (Å²) in [5, 5.41) is 10.4. The number of halogens is 1. The molecular weight excluding hydrogens is 530 g/mol. The number of anilines is 3. The van der Waals surface area contributed by atoms with Gasteiger partial charge in [-0.25, -0.2) is 4.79 Å². The summed E-state index contributed by atoms with van der Waals surface area (Å²) < 4.78 is 2.71. The van der Waals surface area contributed by atoms with Crippen molar-refractivity contribution in [3.8, 4) is 0 Å². The lowest BCUT2D eigenvalue weighted by Gasteiger charge is -2.34. The van der Waals surface area contributed by atoms with Gasteiger partial charge < -0.3 is 10.2 Å². The van der Waals surface area contributed by atoms with Crippen molar-refractivity contribution in [1.29, 1.82) is 0 Å². The van der Waals surface area contributed by atoms with Gasteiger partial charge >= 0.3 is 6.03 Å². The summed E-state index contributed by atoms with van der Waals surface area (Å²) in [5.41, 5.74) is 5.91. The van der Waals surface area contributed by atoms with Crippen LogP contribution >= 0.6 is 15.9 Å². The van der Waals surface area contributed by atoms with E-state index in [1.54, 1.807) is 4.68 Å². The normalized spacial score (nSPS) is 16.1. The topological polar surface area (TPSA) is 79.3 Å². The van der Waals surface area contributed by atoms with Gasteiger partial charge in [0, 0.05) is 47.3 Å². The molecule has 2 N–H and O–H groups in total. The molecule has 0 bridgehead atoms. The monoisotopic (exact) mass is 565 g/mol. The minimum atomic E-state index is -0.309. The van der Waals surface area contributed by atoms with E-state index in [1.165, 1.54) is 0 Å². The number of amides is 3. The van der Waals surface area contributed by atoms with Crippen LogP contribution in [0.1, 0.15) is 56.0 Å². The zero-order chi connectivity index (χ0) is 26.9. The smallest absolute Gasteiger partial charge is 0.312 e. The van der Waals surface area contributed by atoms with Gasteiger partial charge in [-0.3, -0.25) is 14.8 Å². The second-order valence-corrected chi connectivity index (χ2v) is 12.0. The first-order chi connectivity index (χ1) is 17.4. The first-order valence-electron chi connectivity index (χ1n) is 12.7. The first kappa shape index (κ1) is 26.9. The highest BCUT2D eigenvalue weighted by atomic mass is 79.9. The molecule has 1 unspecified atom stereocenters. The van der Waals surface area contributed by atoms with Gasteiger partial charge in [0.15, 0.2) is 0 Å². The molecule has 1 aliphatic rings. The molecular formula is C29H36BrN5O2. The Kier molecular flexibility index (Phi) is 7.78. The standard InChI is InChI=1S/C29H36BrN5O2/c1-18-12-22(30)13-19(2)27(18)35-17-21(10-11-26(35)36)14-20-8-7-9-23(15-20)31-28(37)32-25-16-24(29(3,4)5)33-34(25)6/h7-9,12-13,15-16,21H,10-11,14,17H2,1-6H3,(H2,31,32,37). The summed E-state index contributed by atoms with van der Waals surface area (Å²) in [6.45, 7) is 11.1. The molecule has 1 atom stereocenters. The summed E-state index contributed by atoms with van der Waals surface area (Å²) >= 11 is 3.55. The summed E-state index contributed by atoms with van der Waals surface area (Å²) in [7, 11) is 1.82. The third-order valence-electron chi connectivity index (χ3n) is 6.83. The number of carbonyl (C=O) groups is 2. The van der Waals surface area contributed by atoms with Crippen LogP contribution in [0.15, 0.2) is 46.9 Å². The molecule has 196 valence electrons. The molecule has 37 heavy (non-hydrogen) atoms. The molecule has 1 aliphatic heterocycles. The van der Waals surface area contributed by atoms with Crippen molar-refractivity contribution < 1.29 is 9.59 Å². The average molecular weight is 567 g/mol. The number of hydrogen-bond donors (Lipinski definition) is 2. The number of carbonyl (C=O) groups excluding carboxylic acids is 2. The Morgan fingerprint density at radius 3 is 2.46 bits per heavy atom. The largest absolute Gasteiger partial charge is 0.324 e. The average Bonchev–Trinajstić information content (AvgIpc) is 3.16. The van der Waals surface area contributed by atoms with Crippen molar-refractivity contribution in [3.05, 3.63) is 69.3 Å². The maximum atomic E-state index is 12.8. The van der Waals surface area contributed by atoms with Gasteiger partial charge in [0.2, 0.25) is 5.91 Å². The number of aryl methyl sites for hydroxylation is 3. The molecule has 1 saturated heterocycles. The predicted octanol–water partition coefficient (Wildman–Crippen LogP) is 6.73. The van der Waals surface area contributed by atoms with Crippen LogP contribution in [0.3, 0.4) is 0 Å². The minimum absolute atomic E-state index is 0.101. The Bertz CT molecular complexity index is 1300. The van der Waals surface area contributed by atoms with Gasteiger partial charge in [-0.2, -0.15) is 5.10 Å². The fourth-order valence-corrected chi connectivity index (χ4v) is 5.65. The highest BCUT2D eigenvalue weighted by Crippen LogP contribution is 2.33. The number of urea groups is 1. The number of benzene rings is 2. The first-order valence-corrected chi connectivity index (χ1v) is 13.5. The second kappa shape index (κ2) is 10.7. The molecule has 1 aromatic heterocycles. The van der Waals surface area contributed by atoms with E-state index in [2.05, 4.69) is 84.5 Å². The third kappa shape index (κ3) is 6.42. The summed E-state index contributed by atoms with van der Waals surface area (Å²) in [6, 6.07) is 13.7. The highest BCUT2D eigenvalue weighted by molar-refractivity contribution is 9.10. The number of nitrogens with zero attached hydrogens (tertiary/aromatic N) is 3. The summed E-state index contributed by atoms with van der Waals surface area (Å²) in [5.74, 6) is 1.17. The number of aromatic nitrogens is 2. The van der Waals surface area contributed by atoms with Crippen molar-refractivity contribution in [2.45, 2.75) is 59.3 Å². The molecule has 0 spiro atoms. The molecule has 3 amide bonds. The Morgan fingerprint density at radius 2 is 1.81 bits per heavy atom. The van der Waals surface area contributed by atoms with Gasteiger partial charge in [-0.15, -0.1) is 0 Å². The van der Waals surface area contributed by atoms with Crippen LogP contribution in [0.5, 0.6) is 0 Å². The maximum absolute atomic E-state index is 12.8. The van der Waals surface area contributed by atoms with E-state index < -0.39 is 0 Å². The SMILES string of the molecule is Cc1cc(Br)cc(C)c1N1CC(Cc2cccc(NC(=O)Nc3cc(C(C)(C)C)nn3C)c2)CCC1=O. The molecule has 4 rings (SSSR count). The highest BCUT2D eigenvalue weighted by Gasteiger charge is 2.29. The van der Waals surface area contributed by atoms with Gasteiger partial charge in [0.05, 0.1) is 5.69 Å². The fraction of sp³-hybridized carbons (Fsp3) is 0.414. The number of rotatable bonds is 5. The Balaban J connectivity index is 1.42. The van der Waals surface area contributed by atoms with Crippen LogP contribution in [-0.4, -0.2) is 28.3 Å². The van der Waals surface area contributed by atoms with Crippen molar-refractivity contribution in [1.82, 2.24) is 9.78 Å². The molecule has 0 radical (unpaired) electrons. The Morgan fingerprint density at radius 1 is 1.11 bits per heavy atom. The molecule has 0 saturated carbocycles. The lowest BCUT2D eigenvalue weighted by atomic mass is 9.90. The molecule has 1 fully saturated rings. The van der Waals surface area contributed by atoms with E-state index in [9.17, 15) is 9.59 Å². The van der Waals surface area contributed by atoms with Crippen LogP contribution in [0.2, 0.25) is 0 Å². The molecule has 2 aromatic carbocycles. The molecule has 2 heterocycles. The predicted molar refractivity (Wildman–Crippen MR) is 153 cm³/mol. The van der Waals surface area contributed by atoms with Gasteiger partial charge in [-0.05, 0) is 73.6 Å². The van der Waals surface area contributed by atoms with Crippen LogP contribution < -0.4 is 15.5 Å². The lowest BCUT2D eigenvalue weighted by molar-refractivity contribution is -0.120. The number of piperidine rings is 1. The second-order valence-electron chi connectivity index (χ2n) is 11.1. The van der Waals surface area contributed by atoms with Crippen molar-refractivity contribution in [2.75, 3.05) is 22.1 Å². The van der Waals surface area contributed by atoms with E-state index in [4.69, 9.17) is 0 Å². The molecule has 7 nitrogen and oxygen atoms in total. The van der Waals surface area contributed by atoms with E-state index in [1.807, 2.05) is 36.2 Å². The van der Waals surface area contributed by atoms with Crippen molar-refractivity contribution in [3.63, 3.8) is 0 Å². The zero-order valence-electron chi connectivity index (χ0n) is 22.5. The van der Waals surface area contributed by atoms with Crippen LogP contribution in [0, 0.1) is 19.8 Å². The quantitative estimate of drug-likeness (QED) is 0.360. The van der Waals surface area contributed by atoms with E-state index >= 15 is 0 Å². The van der Waals surface area contributed by atoms with Crippen molar-refractivity contribution in [2.24, 2.45) is 13.0 Å². The van der Waals surface area contributed by atoms with Crippen LogP contribution in [-0.2, 0) is 23.7 Å². The lowest BCUT2D eigenvalue weighted by Crippen LogP contribution is -2.41. The maximum Gasteiger partial charge on any atom is 0.324 e. The fourth-order valence-electron chi connectivity index (χ4n) is 4.96. The van der Waals surface area contributed by atoms with Gasteiger partial charge in [0.25, 0.3) is 0 Å². The zero-order valence-corrected chi connectivity index (χ0v) is 24.1. The number of hydrogen-bond acceptors (Lipinski definition) is 3. The van der Waals surface area contributed by atoms with Crippen molar-refractivity contribution >= 4 is 45.1 Å². The van der Waals surface area contributed by atoms with Gasteiger partial charge in [-0.1, -0.05) is 48.8 Å². The number of nitrogens with one attached hydrogen (secondary N) is 2. The van der Waals surface area contributed by atoms with Crippen LogP contribution in [0.25, 0.3) is 0 Å². The van der Waals surface area contributed by atoms with Crippen LogP contribution in [0.4, 0.5) is 22.0 Å². The molecule has 8 heteroatoms. The minimum Gasteiger partial charge on any atom is -0.312 e. The van der Waals surface area contributed by atoms with E-state index in [0.29, 0.717) is 24.7 Å². The van der Waals surface area contributed by atoms with E-state index in [-0.39, 0.29) is 17.4 Å². The third-order valence-corrected chi connectivity index (χ3v) is 7.29. The molecule has 3 aromatic rings. The Labute approximate surface area is 227 Å². The Hall–Kier alpha value is -3.13. The van der Waals surface area contributed by atoms with E-state index in [0.717, 1.165) is 51.1 Å².